The third-order valence-electron chi connectivity index (χ3n) is 3.28. The highest BCUT2D eigenvalue weighted by molar-refractivity contribution is 7.12. The molecular weight excluding hydrogens is 254 g/mol. The number of hydrogen-bond acceptors (Lipinski definition) is 4. The van der Waals surface area contributed by atoms with Crippen LogP contribution in [-0.2, 0) is 19.3 Å². The zero-order chi connectivity index (χ0) is 13.7. The van der Waals surface area contributed by atoms with Crippen LogP contribution in [0.3, 0.4) is 0 Å². The summed E-state index contributed by atoms with van der Waals surface area (Å²) in [7, 11) is 0. The minimum atomic E-state index is 0.144. The lowest BCUT2D eigenvalue weighted by molar-refractivity contribution is 0.554. The lowest BCUT2D eigenvalue weighted by Gasteiger charge is -2.13. The summed E-state index contributed by atoms with van der Waals surface area (Å²) in [4.78, 5) is 7.17. The normalized spacial score (nSPS) is 12.6. The molecule has 2 rings (SSSR count). The van der Waals surface area contributed by atoms with Gasteiger partial charge in [-0.2, -0.15) is 0 Å². The predicted octanol–water partition coefficient (Wildman–Crippen LogP) is 3.02. The quantitative estimate of drug-likeness (QED) is 0.629. The first-order valence-corrected chi connectivity index (χ1v) is 7.57. The van der Waals surface area contributed by atoms with Gasteiger partial charge in [-0.15, -0.1) is 11.3 Å². The van der Waals surface area contributed by atoms with Crippen molar-refractivity contribution in [1.29, 1.82) is 0 Å². The highest BCUT2D eigenvalue weighted by Gasteiger charge is 2.13. The molecule has 0 bridgehead atoms. The zero-order valence-corrected chi connectivity index (χ0v) is 12.3. The molecule has 0 saturated carbocycles. The maximum atomic E-state index is 5.69. The van der Waals surface area contributed by atoms with Crippen molar-refractivity contribution in [2.75, 3.05) is 0 Å². The van der Waals surface area contributed by atoms with E-state index in [1.807, 2.05) is 17.5 Å². The van der Waals surface area contributed by atoms with E-state index in [4.69, 9.17) is 5.84 Å². The van der Waals surface area contributed by atoms with Crippen LogP contribution in [0.15, 0.2) is 30.5 Å². The average molecular weight is 275 g/mol. The lowest BCUT2D eigenvalue weighted by atomic mass is 10.1. The van der Waals surface area contributed by atoms with E-state index < -0.39 is 0 Å². The SMILES string of the molecule is CCc1ccc(CC(NN)c2ccc(CC)s2)nc1. The standard InChI is InChI=1S/C15H21N3S/c1-3-11-5-6-12(17-10-11)9-14(18-16)15-8-7-13(4-2)19-15/h5-8,10,14,18H,3-4,9,16H2,1-2H3. The van der Waals surface area contributed by atoms with Gasteiger partial charge in [0, 0.05) is 28.1 Å². The van der Waals surface area contributed by atoms with Crippen molar-refractivity contribution in [3.05, 3.63) is 51.5 Å². The number of hydrazine groups is 1. The van der Waals surface area contributed by atoms with E-state index in [-0.39, 0.29) is 6.04 Å². The number of pyridine rings is 1. The average Bonchev–Trinajstić information content (AvgIpc) is 2.94. The molecule has 0 radical (unpaired) electrons. The fraction of sp³-hybridized carbons (Fsp3) is 0.400. The Morgan fingerprint density at radius 3 is 2.58 bits per heavy atom. The van der Waals surface area contributed by atoms with Gasteiger partial charge in [-0.05, 0) is 36.6 Å². The zero-order valence-electron chi connectivity index (χ0n) is 11.5. The Kier molecular flexibility index (Phi) is 5.07. The molecule has 0 saturated heterocycles. The molecule has 0 amide bonds. The van der Waals surface area contributed by atoms with Crippen LogP contribution in [0.5, 0.6) is 0 Å². The van der Waals surface area contributed by atoms with Crippen molar-refractivity contribution in [3.63, 3.8) is 0 Å². The van der Waals surface area contributed by atoms with Crippen molar-refractivity contribution in [2.24, 2.45) is 5.84 Å². The molecule has 0 aromatic carbocycles. The van der Waals surface area contributed by atoms with Crippen LogP contribution in [0.1, 0.15) is 40.9 Å². The number of aryl methyl sites for hydroxylation is 2. The van der Waals surface area contributed by atoms with E-state index in [0.717, 1.165) is 25.0 Å². The molecule has 0 aliphatic heterocycles. The van der Waals surface area contributed by atoms with Crippen LogP contribution in [-0.4, -0.2) is 4.98 Å². The van der Waals surface area contributed by atoms with Gasteiger partial charge in [0.25, 0.3) is 0 Å². The summed E-state index contributed by atoms with van der Waals surface area (Å²) in [5.41, 5.74) is 5.25. The topological polar surface area (TPSA) is 50.9 Å². The van der Waals surface area contributed by atoms with Gasteiger partial charge in [0.1, 0.15) is 0 Å². The minimum absolute atomic E-state index is 0.144. The van der Waals surface area contributed by atoms with E-state index in [1.165, 1.54) is 15.3 Å². The summed E-state index contributed by atoms with van der Waals surface area (Å²) in [6, 6.07) is 8.72. The maximum Gasteiger partial charge on any atom is 0.0608 e. The molecule has 2 aromatic rings. The summed E-state index contributed by atoms with van der Waals surface area (Å²) in [6.45, 7) is 4.31. The van der Waals surface area contributed by atoms with E-state index in [1.54, 1.807) is 0 Å². The summed E-state index contributed by atoms with van der Waals surface area (Å²) >= 11 is 1.82. The van der Waals surface area contributed by atoms with E-state index >= 15 is 0 Å². The lowest BCUT2D eigenvalue weighted by Crippen LogP contribution is -2.29. The van der Waals surface area contributed by atoms with Gasteiger partial charge in [-0.25, -0.2) is 0 Å². The van der Waals surface area contributed by atoms with Crippen molar-refractivity contribution in [1.82, 2.24) is 10.4 Å². The Hall–Kier alpha value is -1.23. The van der Waals surface area contributed by atoms with E-state index in [9.17, 15) is 0 Å². The van der Waals surface area contributed by atoms with Crippen LogP contribution in [0.2, 0.25) is 0 Å². The number of nitrogens with two attached hydrogens (primary N) is 1. The van der Waals surface area contributed by atoms with Gasteiger partial charge in [0.2, 0.25) is 0 Å². The highest BCUT2D eigenvalue weighted by atomic mass is 32.1. The first-order valence-electron chi connectivity index (χ1n) is 6.75. The second-order valence-electron chi connectivity index (χ2n) is 4.59. The summed E-state index contributed by atoms with van der Waals surface area (Å²) in [6.07, 6.45) is 4.88. The first kappa shape index (κ1) is 14.2. The van der Waals surface area contributed by atoms with Gasteiger partial charge in [0.05, 0.1) is 6.04 Å². The third kappa shape index (κ3) is 3.62. The fourth-order valence-corrected chi connectivity index (χ4v) is 3.02. The Morgan fingerprint density at radius 1 is 1.21 bits per heavy atom. The number of rotatable bonds is 6. The third-order valence-corrected chi connectivity index (χ3v) is 4.63. The smallest absolute Gasteiger partial charge is 0.0608 e. The maximum absolute atomic E-state index is 5.69. The van der Waals surface area contributed by atoms with Crippen LogP contribution < -0.4 is 11.3 Å². The van der Waals surface area contributed by atoms with Crippen molar-refractivity contribution < 1.29 is 0 Å². The molecule has 1 unspecified atom stereocenters. The molecule has 0 fully saturated rings. The second-order valence-corrected chi connectivity index (χ2v) is 5.79. The Labute approximate surface area is 118 Å². The number of thiophene rings is 1. The van der Waals surface area contributed by atoms with Gasteiger partial charge < -0.3 is 0 Å². The van der Waals surface area contributed by atoms with E-state index in [2.05, 4.69) is 48.5 Å². The first-order chi connectivity index (χ1) is 9.26. The van der Waals surface area contributed by atoms with Crippen molar-refractivity contribution >= 4 is 11.3 Å². The highest BCUT2D eigenvalue weighted by Crippen LogP contribution is 2.25. The molecule has 3 nitrogen and oxygen atoms in total. The Balaban J connectivity index is 2.09. The molecule has 0 spiro atoms. The Bertz CT molecular complexity index is 504. The van der Waals surface area contributed by atoms with Gasteiger partial charge in [-0.1, -0.05) is 19.9 Å². The number of nitrogens with zero attached hydrogens (tertiary/aromatic N) is 1. The Morgan fingerprint density at radius 2 is 2.05 bits per heavy atom. The fourth-order valence-electron chi connectivity index (χ4n) is 2.01. The van der Waals surface area contributed by atoms with Crippen LogP contribution in [0.4, 0.5) is 0 Å². The van der Waals surface area contributed by atoms with Crippen LogP contribution >= 0.6 is 11.3 Å². The van der Waals surface area contributed by atoms with Gasteiger partial charge >= 0.3 is 0 Å². The van der Waals surface area contributed by atoms with Crippen molar-refractivity contribution in [2.45, 2.75) is 39.2 Å². The number of hydrogen-bond donors (Lipinski definition) is 2. The van der Waals surface area contributed by atoms with Crippen LogP contribution in [0, 0.1) is 0 Å². The molecule has 1 atom stereocenters. The molecule has 0 aliphatic carbocycles. The molecule has 2 heterocycles. The number of aromatic nitrogens is 1. The monoisotopic (exact) mass is 275 g/mol. The minimum Gasteiger partial charge on any atom is -0.271 e. The van der Waals surface area contributed by atoms with Crippen LogP contribution in [0.25, 0.3) is 0 Å². The largest absolute Gasteiger partial charge is 0.271 e. The summed E-state index contributed by atoms with van der Waals surface area (Å²) < 4.78 is 0. The van der Waals surface area contributed by atoms with E-state index in [0.29, 0.717) is 0 Å². The van der Waals surface area contributed by atoms with Gasteiger partial charge in [0.15, 0.2) is 0 Å². The second kappa shape index (κ2) is 6.80. The predicted molar refractivity (Wildman–Crippen MR) is 81.1 cm³/mol. The number of nitrogens with one attached hydrogen (secondary N) is 1. The molecule has 0 aliphatic rings. The van der Waals surface area contributed by atoms with Gasteiger partial charge in [-0.3, -0.25) is 16.3 Å². The molecular formula is C15H21N3S. The molecule has 2 aromatic heterocycles. The molecule has 19 heavy (non-hydrogen) atoms. The summed E-state index contributed by atoms with van der Waals surface area (Å²) in [5, 5.41) is 0. The molecule has 3 N–H and O–H groups in total. The molecule has 102 valence electrons. The van der Waals surface area contributed by atoms with Crippen molar-refractivity contribution in [3.8, 4) is 0 Å². The summed E-state index contributed by atoms with van der Waals surface area (Å²) in [5.74, 6) is 5.69. The molecule has 4 heteroatoms.